The monoisotopic (exact) mass is 419 g/mol. The second-order valence-corrected chi connectivity index (χ2v) is 7.00. The highest BCUT2D eigenvalue weighted by Gasteiger charge is 2.31. The lowest BCUT2D eigenvalue weighted by Crippen LogP contribution is -2.38. The van der Waals surface area contributed by atoms with E-state index in [9.17, 15) is 18.0 Å². The van der Waals surface area contributed by atoms with Crippen molar-refractivity contribution in [3.63, 3.8) is 0 Å². The van der Waals surface area contributed by atoms with Crippen LogP contribution < -0.4 is 10.9 Å². The van der Waals surface area contributed by atoms with Crippen LogP contribution in [-0.2, 0) is 19.3 Å². The molecule has 10 heteroatoms. The van der Waals surface area contributed by atoms with Crippen molar-refractivity contribution < 1.29 is 13.2 Å². The normalized spacial score (nSPS) is 14.3. The minimum atomic E-state index is -4.48. The molecule has 29 heavy (non-hydrogen) atoms. The number of H-pyrrole nitrogens is 1. The van der Waals surface area contributed by atoms with Crippen LogP contribution in [0.5, 0.6) is 0 Å². The molecule has 4 rings (SSSR count). The van der Waals surface area contributed by atoms with Gasteiger partial charge in [0.25, 0.3) is 5.56 Å². The topological polar surface area (TPSA) is 66.0 Å². The maximum Gasteiger partial charge on any atom is 0.416 e. The molecule has 0 amide bonds. The van der Waals surface area contributed by atoms with Gasteiger partial charge in [-0.25, -0.2) is 0 Å². The maximum atomic E-state index is 13.1. The van der Waals surface area contributed by atoms with Gasteiger partial charge >= 0.3 is 6.18 Å². The number of pyridine rings is 1. The van der Waals surface area contributed by atoms with E-state index in [1.165, 1.54) is 16.7 Å². The first-order valence-electron chi connectivity index (χ1n) is 8.75. The third kappa shape index (κ3) is 3.94. The van der Waals surface area contributed by atoms with Gasteiger partial charge in [0.1, 0.15) is 5.82 Å². The highest BCUT2D eigenvalue weighted by atomic mass is 32.1. The summed E-state index contributed by atoms with van der Waals surface area (Å²) in [6.45, 7) is 1.22. The standard InChI is InChI=1S/C19H16F3N5OS/c20-19(21,22)12-4-3-6-14(8-12)27-16-15(17(28)25-18(27)29)10-26(11-24-16)9-13-5-1-2-7-23-13/h1-8,24H,9-11H2,(H,25,28,29). The molecular weight excluding hydrogens is 403 g/mol. The average Bonchev–Trinajstić information content (AvgIpc) is 2.69. The Morgan fingerprint density at radius 3 is 2.72 bits per heavy atom. The van der Waals surface area contributed by atoms with Gasteiger partial charge in [0.15, 0.2) is 4.77 Å². The van der Waals surface area contributed by atoms with Gasteiger partial charge in [0.05, 0.1) is 29.2 Å². The number of benzene rings is 1. The summed E-state index contributed by atoms with van der Waals surface area (Å²) in [5, 5.41) is 3.13. The first-order valence-corrected chi connectivity index (χ1v) is 9.16. The quantitative estimate of drug-likeness (QED) is 0.634. The fourth-order valence-corrected chi connectivity index (χ4v) is 3.56. The van der Waals surface area contributed by atoms with Gasteiger partial charge in [-0.1, -0.05) is 12.1 Å². The summed E-state index contributed by atoms with van der Waals surface area (Å²) >= 11 is 5.24. The van der Waals surface area contributed by atoms with Gasteiger partial charge in [-0.05, 0) is 42.5 Å². The van der Waals surface area contributed by atoms with Crippen LogP contribution in [0.4, 0.5) is 19.0 Å². The van der Waals surface area contributed by atoms with E-state index >= 15 is 0 Å². The number of anilines is 1. The van der Waals surface area contributed by atoms with Gasteiger partial charge in [-0.2, -0.15) is 13.2 Å². The molecule has 0 atom stereocenters. The van der Waals surface area contributed by atoms with Gasteiger partial charge < -0.3 is 5.32 Å². The van der Waals surface area contributed by atoms with E-state index in [1.54, 1.807) is 6.20 Å². The summed E-state index contributed by atoms with van der Waals surface area (Å²) in [6.07, 6.45) is -2.79. The zero-order valence-corrected chi connectivity index (χ0v) is 15.8. The van der Waals surface area contributed by atoms with E-state index in [4.69, 9.17) is 12.2 Å². The lowest BCUT2D eigenvalue weighted by Gasteiger charge is -2.31. The number of aromatic amines is 1. The molecule has 0 saturated heterocycles. The predicted octanol–water partition coefficient (Wildman–Crippen LogP) is 3.69. The van der Waals surface area contributed by atoms with Crippen LogP contribution in [0, 0.1) is 4.77 Å². The fraction of sp³-hybridized carbons (Fsp3) is 0.211. The smallest absolute Gasteiger partial charge is 0.358 e. The molecule has 0 unspecified atom stereocenters. The highest BCUT2D eigenvalue weighted by Crippen LogP contribution is 2.31. The number of fused-ring (bicyclic) bond motifs is 1. The fourth-order valence-electron chi connectivity index (χ4n) is 3.27. The molecule has 2 N–H and O–H groups in total. The minimum Gasteiger partial charge on any atom is -0.358 e. The number of nitrogens with zero attached hydrogens (tertiary/aromatic N) is 3. The second kappa shape index (κ2) is 7.45. The summed E-state index contributed by atoms with van der Waals surface area (Å²) in [6, 6.07) is 10.4. The Balaban J connectivity index is 1.73. The molecule has 0 radical (unpaired) electrons. The minimum absolute atomic E-state index is 0.0266. The van der Waals surface area contributed by atoms with Crippen molar-refractivity contribution in [2.45, 2.75) is 19.3 Å². The van der Waals surface area contributed by atoms with E-state index in [0.717, 1.165) is 17.8 Å². The lowest BCUT2D eigenvalue weighted by molar-refractivity contribution is -0.137. The van der Waals surface area contributed by atoms with Crippen molar-refractivity contribution in [3.8, 4) is 5.69 Å². The lowest BCUT2D eigenvalue weighted by atomic mass is 10.1. The van der Waals surface area contributed by atoms with Gasteiger partial charge in [0.2, 0.25) is 0 Å². The van der Waals surface area contributed by atoms with Crippen LogP contribution in [0.3, 0.4) is 0 Å². The van der Waals surface area contributed by atoms with Crippen molar-refractivity contribution in [3.05, 3.63) is 80.6 Å². The molecular formula is C19H16F3N5OS. The predicted molar refractivity (Wildman–Crippen MR) is 104 cm³/mol. The summed E-state index contributed by atoms with van der Waals surface area (Å²) in [7, 11) is 0. The summed E-state index contributed by atoms with van der Waals surface area (Å²) < 4.78 is 40.8. The van der Waals surface area contributed by atoms with Crippen LogP contribution in [0.15, 0.2) is 53.5 Å². The van der Waals surface area contributed by atoms with Crippen LogP contribution in [-0.4, -0.2) is 26.1 Å². The van der Waals surface area contributed by atoms with Crippen molar-refractivity contribution in [1.29, 1.82) is 0 Å². The summed E-state index contributed by atoms with van der Waals surface area (Å²) in [5.74, 6) is 0.398. The largest absolute Gasteiger partial charge is 0.416 e. The van der Waals surface area contributed by atoms with Gasteiger partial charge in [0, 0.05) is 19.3 Å². The molecule has 3 aromatic rings. The Morgan fingerprint density at radius 2 is 2.00 bits per heavy atom. The van der Waals surface area contributed by atoms with Crippen molar-refractivity contribution in [1.82, 2.24) is 19.4 Å². The number of rotatable bonds is 3. The number of hydrogen-bond acceptors (Lipinski definition) is 5. The molecule has 6 nitrogen and oxygen atoms in total. The Labute approximate surface area is 168 Å². The van der Waals surface area contributed by atoms with E-state index in [2.05, 4.69) is 15.3 Å². The SMILES string of the molecule is O=c1[nH]c(=S)n(-c2cccc(C(F)(F)F)c2)c2c1CN(Cc1ccccn1)CN2. The van der Waals surface area contributed by atoms with Gasteiger partial charge in [-0.3, -0.25) is 24.2 Å². The van der Waals surface area contributed by atoms with E-state index in [-0.39, 0.29) is 16.0 Å². The van der Waals surface area contributed by atoms with Crippen molar-refractivity contribution >= 4 is 18.0 Å². The number of halogens is 3. The maximum absolute atomic E-state index is 13.1. The Hall–Kier alpha value is -2.98. The molecule has 0 aliphatic carbocycles. The summed E-state index contributed by atoms with van der Waals surface area (Å²) in [5.41, 5.74) is 0.317. The van der Waals surface area contributed by atoms with E-state index in [0.29, 0.717) is 31.1 Å². The molecule has 0 bridgehead atoms. The number of hydrogen-bond donors (Lipinski definition) is 2. The molecule has 1 aliphatic heterocycles. The molecule has 150 valence electrons. The zero-order valence-electron chi connectivity index (χ0n) is 15.0. The van der Waals surface area contributed by atoms with Crippen molar-refractivity contribution in [2.75, 3.05) is 12.0 Å². The Morgan fingerprint density at radius 1 is 1.17 bits per heavy atom. The molecule has 0 spiro atoms. The van der Waals surface area contributed by atoms with Gasteiger partial charge in [-0.15, -0.1) is 0 Å². The third-order valence-electron chi connectivity index (χ3n) is 4.60. The molecule has 2 aromatic heterocycles. The third-order valence-corrected chi connectivity index (χ3v) is 4.89. The first-order chi connectivity index (χ1) is 13.8. The second-order valence-electron chi connectivity index (χ2n) is 6.61. The van der Waals surface area contributed by atoms with E-state index in [1.807, 2.05) is 23.1 Å². The highest BCUT2D eigenvalue weighted by molar-refractivity contribution is 7.71. The molecule has 0 fully saturated rings. The number of alkyl halides is 3. The van der Waals surface area contributed by atoms with Crippen LogP contribution in [0.25, 0.3) is 5.69 Å². The molecule has 1 aliphatic rings. The Bertz CT molecular complexity index is 1160. The zero-order chi connectivity index (χ0) is 20.6. The molecule has 1 aromatic carbocycles. The molecule has 0 saturated carbocycles. The Kier molecular flexibility index (Phi) is 4.97. The van der Waals surface area contributed by atoms with Crippen LogP contribution >= 0.6 is 12.2 Å². The number of nitrogens with one attached hydrogen (secondary N) is 2. The first kappa shape index (κ1) is 19.3. The average molecular weight is 419 g/mol. The van der Waals surface area contributed by atoms with Crippen molar-refractivity contribution in [2.24, 2.45) is 0 Å². The summed E-state index contributed by atoms with van der Waals surface area (Å²) in [4.78, 5) is 21.3. The van der Waals surface area contributed by atoms with E-state index < -0.39 is 11.7 Å². The molecule has 3 heterocycles. The van der Waals surface area contributed by atoms with Crippen LogP contribution in [0.1, 0.15) is 16.8 Å². The van der Waals surface area contributed by atoms with Crippen LogP contribution in [0.2, 0.25) is 0 Å². The number of aromatic nitrogens is 3.